The van der Waals surface area contributed by atoms with E-state index in [-0.39, 0.29) is 18.4 Å². The lowest BCUT2D eigenvalue weighted by molar-refractivity contribution is -0.123. The maximum absolute atomic E-state index is 11.9. The Kier molecular flexibility index (Phi) is 8.07. The van der Waals surface area contributed by atoms with Gasteiger partial charge >= 0.3 is 0 Å². The maximum Gasteiger partial charge on any atom is 0.244 e. The number of ether oxygens (including phenoxy) is 1. The minimum absolute atomic E-state index is 0.0645. The minimum Gasteiger partial charge on any atom is -0.497 e. The van der Waals surface area contributed by atoms with Crippen molar-refractivity contribution in [1.82, 2.24) is 20.4 Å². The van der Waals surface area contributed by atoms with Crippen molar-refractivity contribution in [3.8, 4) is 5.75 Å². The first-order chi connectivity index (χ1) is 13.4. The molecule has 2 aromatic rings. The molecule has 8 heteroatoms. The maximum atomic E-state index is 11.9. The van der Waals surface area contributed by atoms with Crippen LogP contribution in [0.25, 0.3) is 6.08 Å². The van der Waals surface area contributed by atoms with Gasteiger partial charge < -0.3 is 15.4 Å². The molecule has 0 atom stereocenters. The molecule has 28 heavy (non-hydrogen) atoms. The minimum atomic E-state index is -0.373. The number of amides is 2. The van der Waals surface area contributed by atoms with Crippen LogP contribution in [0.1, 0.15) is 30.2 Å². The number of rotatable bonds is 9. The smallest absolute Gasteiger partial charge is 0.244 e. The molecular weight excluding hydrogens is 380 g/mol. The van der Waals surface area contributed by atoms with Crippen LogP contribution in [0.15, 0.2) is 30.3 Å². The van der Waals surface area contributed by atoms with E-state index in [1.807, 2.05) is 38.1 Å². The van der Waals surface area contributed by atoms with Crippen LogP contribution < -0.4 is 15.4 Å². The SMILES string of the molecule is CCCNC(=O)CNC(=O)/C=C/c1c(C)nn(Cc2cccc(OC)c2)c1Cl. The predicted molar refractivity (Wildman–Crippen MR) is 109 cm³/mol. The van der Waals surface area contributed by atoms with Crippen molar-refractivity contribution in [2.24, 2.45) is 0 Å². The molecule has 0 unspecified atom stereocenters. The molecule has 0 aliphatic carbocycles. The number of hydrogen-bond acceptors (Lipinski definition) is 4. The lowest BCUT2D eigenvalue weighted by Crippen LogP contribution is -2.36. The number of benzene rings is 1. The highest BCUT2D eigenvalue weighted by atomic mass is 35.5. The monoisotopic (exact) mass is 404 g/mol. The number of aromatic nitrogens is 2. The zero-order valence-electron chi connectivity index (χ0n) is 16.3. The Labute approximate surface area is 169 Å². The molecule has 0 aliphatic rings. The summed E-state index contributed by atoms with van der Waals surface area (Å²) < 4.78 is 6.90. The second-order valence-corrected chi connectivity index (χ2v) is 6.56. The van der Waals surface area contributed by atoms with Crippen molar-refractivity contribution in [3.63, 3.8) is 0 Å². The first-order valence-corrected chi connectivity index (χ1v) is 9.40. The lowest BCUT2D eigenvalue weighted by atomic mass is 10.2. The van der Waals surface area contributed by atoms with E-state index in [9.17, 15) is 9.59 Å². The third-order valence-electron chi connectivity index (χ3n) is 3.97. The number of nitrogens with one attached hydrogen (secondary N) is 2. The van der Waals surface area contributed by atoms with E-state index in [4.69, 9.17) is 16.3 Å². The molecule has 1 aromatic carbocycles. The van der Waals surface area contributed by atoms with Gasteiger partial charge in [-0.05, 0) is 37.1 Å². The number of carbonyl (C=O) groups is 2. The summed E-state index contributed by atoms with van der Waals surface area (Å²) in [6.07, 6.45) is 3.79. The van der Waals surface area contributed by atoms with E-state index in [0.29, 0.717) is 29.5 Å². The second kappa shape index (κ2) is 10.5. The third kappa shape index (κ3) is 6.13. The second-order valence-electron chi connectivity index (χ2n) is 6.20. The van der Waals surface area contributed by atoms with Crippen LogP contribution in [0.3, 0.4) is 0 Å². The van der Waals surface area contributed by atoms with Crippen LogP contribution >= 0.6 is 11.6 Å². The molecular formula is C20H25ClN4O3. The molecule has 0 aliphatic heterocycles. The zero-order valence-corrected chi connectivity index (χ0v) is 17.0. The zero-order chi connectivity index (χ0) is 20.5. The number of carbonyl (C=O) groups excluding carboxylic acids is 2. The van der Waals surface area contributed by atoms with Crippen LogP contribution in [0.4, 0.5) is 0 Å². The average molecular weight is 405 g/mol. The van der Waals surface area contributed by atoms with Gasteiger partial charge in [-0.3, -0.25) is 9.59 Å². The number of methoxy groups -OCH3 is 1. The first-order valence-electron chi connectivity index (χ1n) is 9.03. The molecule has 2 amide bonds. The Bertz CT molecular complexity index is 861. The fourth-order valence-corrected chi connectivity index (χ4v) is 2.81. The topological polar surface area (TPSA) is 85.3 Å². The molecule has 2 rings (SSSR count). The normalized spacial score (nSPS) is 10.9. The summed E-state index contributed by atoms with van der Waals surface area (Å²) >= 11 is 6.44. The Morgan fingerprint density at radius 3 is 2.82 bits per heavy atom. The molecule has 0 bridgehead atoms. The number of halogens is 1. The van der Waals surface area contributed by atoms with Crippen molar-refractivity contribution >= 4 is 29.5 Å². The Balaban J connectivity index is 2.01. The van der Waals surface area contributed by atoms with Gasteiger partial charge in [0.05, 0.1) is 25.9 Å². The molecule has 0 radical (unpaired) electrons. The number of aryl methyl sites for hydroxylation is 1. The van der Waals surface area contributed by atoms with Gasteiger partial charge in [0.25, 0.3) is 0 Å². The van der Waals surface area contributed by atoms with Gasteiger partial charge in [-0.1, -0.05) is 30.7 Å². The van der Waals surface area contributed by atoms with Gasteiger partial charge in [-0.15, -0.1) is 0 Å². The largest absolute Gasteiger partial charge is 0.497 e. The summed E-state index contributed by atoms with van der Waals surface area (Å²) in [5, 5.41) is 10.1. The number of nitrogens with zero attached hydrogens (tertiary/aromatic N) is 2. The Hall–Kier alpha value is -2.80. The van der Waals surface area contributed by atoms with Gasteiger partial charge in [0.2, 0.25) is 11.8 Å². The van der Waals surface area contributed by atoms with Gasteiger partial charge in [-0.2, -0.15) is 5.10 Å². The van der Waals surface area contributed by atoms with E-state index in [0.717, 1.165) is 17.7 Å². The quantitative estimate of drug-likeness (QED) is 0.629. The Morgan fingerprint density at radius 2 is 2.11 bits per heavy atom. The molecule has 0 saturated heterocycles. The van der Waals surface area contributed by atoms with Gasteiger partial charge in [-0.25, -0.2) is 4.68 Å². The van der Waals surface area contributed by atoms with E-state index in [1.165, 1.54) is 6.08 Å². The molecule has 0 fully saturated rings. The standard InChI is InChI=1S/C20H25ClN4O3/c1-4-10-22-19(27)12-23-18(26)9-8-17-14(2)24-25(20(17)21)13-15-6-5-7-16(11-15)28-3/h5-9,11H,4,10,12-13H2,1-3H3,(H,22,27)(H,23,26)/b9-8+. The van der Waals surface area contributed by atoms with Crippen LogP contribution in [0.5, 0.6) is 5.75 Å². The summed E-state index contributed by atoms with van der Waals surface area (Å²) in [4.78, 5) is 23.4. The highest BCUT2D eigenvalue weighted by Gasteiger charge is 2.12. The number of hydrogen-bond donors (Lipinski definition) is 2. The molecule has 2 N–H and O–H groups in total. The van der Waals surface area contributed by atoms with Gasteiger partial charge in [0.15, 0.2) is 0 Å². The van der Waals surface area contributed by atoms with Crippen molar-refractivity contribution < 1.29 is 14.3 Å². The molecule has 1 aromatic heterocycles. The highest BCUT2D eigenvalue weighted by Crippen LogP contribution is 2.23. The van der Waals surface area contributed by atoms with Crippen molar-refractivity contribution in [2.75, 3.05) is 20.2 Å². The van der Waals surface area contributed by atoms with Crippen molar-refractivity contribution in [2.45, 2.75) is 26.8 Å². The van der Waals surface area contributed by atoms with E-state index < -0.39 is 0 Å². The summed E-state index contributed by atoms with van der Waals surface area (Å²) in [6, 6.07) is 7.65. The van der Waals surface area contributed by atoms with Crippen LogP contribution in [-0.2, 0) is 16.1 Å². The van der Waals surface area contributed by atoms with Crippen molar-refractivity contribution in [3.05, 3.63) is 52.3 Å². The fourth-order valence-electron chi connectivity index (χ4n) is 2.52. The van der Waals surface area contributed by atoms with Gasteiger partial charge in [0.1, 0.15) is 10.9 Å². The average Bonchev–Trinajstić information content (AvgIpc) is 2.95. The van der Waals surface area contributed by atoms with Gasteiger partial charge in [0, 0.05) is 18.2 Å². The summed E-state index contributed by atoms with van der Waals surface area (Å²) in [6.45, 7) is 4.79. The van der Waals surface area contributed by atoms with E-state index in [1.54, 1.807) is 17.9 Å². The molecule has 0 saturated carbocycles. The van der Waals surface area contributed by atoms with Crippen LogP contribution in [-0.4, -0.2) is 41.8 Å². The molecule has 0 spiro atoms. The van der Waals surface area contributed by atoms with Crippen molar-refractivity contribution in [1.29, 1.82) is 0 Å². The summed E-state index contributed by atoms with van der Waals surface area (Å²) in [5.41, 5.74) is 2.36. The van der Waals surface area contributed by atoms with E-state index in [2.05, 4.69) is 15.7 Å². The highest BCUT2D eigenvalue weighted by molar-refractivity contribution is 6.31. The van der Waals surface area contributed by atoms with E-state index >= 15 is 0 Å². The molecule has 150 valence electrons. The molecule has 7 nitrogen and oxygen atoms in total. The van der Waals surface area contributed by atoms with Crippen LogP contribution in [0, 0.1) is 6.92 Å². The Morgan fingerprint density at radius 1 is 1.32 bits per heavy atom. The summed E-state index contributed by atoms with van der Waals surface area (Å²) in [5.74, 6) is 0.170. The van der Waals surface area contributed by atoms with Crippen LogP contribution in [0.2, 0.25) is 5.15 Å². The first kappa shape index (κ1) is 21.5. The third-order valence-corrected chi connectivity index (χ3v) is 4.37. The fraction of sp³-hybridized carbons (Fsp3) is 0.350. The predicted octanol–water partition coefficient (Wildman–Crippen LogP) is 2.56. The summed E-state index contributed by atoms with van der Waals surface area (Å²) in [7, 11) is 1.62. The lowest BCUT2D eigenvalue weighted by Gasteiger charge is -2.06. The molecule has 1 heterocycles.